The number of ether oxygens (including phenoxy) is 4. The van der Waals surface area contributed by atoms with Crippen molar-refractivity contribution in [1.82, 2.24) is 4.98 Å². The summed E-state index contributed by atoms with van der Waals surface area (Å²) in [6.45, 7) is 0. The lowest BCUT2D eigenvalue weighted by Crippen LogP contribution is -2.20. The minimum absolute atomic E-state index is 0.278. The molecule has 2 aromatic carbocycles. The molecular formula is C22H21NO6S. The van der Waals surface area contributed by atoms with Crippen LogP contribution in [-0.4, -0.2) is 39.2 Å². The molecule has 156 valence electrons. The van der Waals surface area contributed by atoms with Crippen LogP contribution < -0.4 is 33.7 Å². The van der Waals surface area contributed by atoms with E-state index in [9.17, 15) is 9.59 Å². The lowest BCUT2D eigenvalue weighted by molar-refractivity contribution is 0.106. The Morgan fingerprint density at radius 2 is 1.33 bits per heavy atom. The first-order valence-corrected chi connectivity index (χ1v) is 9.70. The van der Waals surface area contributed by atoms with Crippen molar-refractivity contribution < 1.29 is 23.7 Å². The smallest absolute Gasteiger partial charge is 0.266 e. The number of thiazole rings is 1. The number of carbonyl (C=O) groups excluding carboxylic acids is 1. The van der Waals surface area contributed by atoms with E-state index < -0.39 is 0 Å². The Morgan fingerprint density at radius 1 is 0.833 bits per heavy atom. The van der Waals surface area contributed by atoms with Crippen molar-refractivity contribution in [3.05, 3.63) is 67.1 Å². The molecule has 8 heteroatoms. The molecular weight excluding hydrogens is 406 g/mol. The standard InChI is InChI=1S/C22H21NO6S/c1-26-15-5-13(6-16(10-15)27-2)7-20-22(25)23-21(30-20)12-19(24)14-8-17(28-3)11-18(9-14)29-4/h5-12H,1-4H3,(H,23,25)/b20-7-,21-12-. The highest BCUT2D eigenvalue weighted by molar-refractivity contribution is 7.07. The fraction of sp³-hybridized carbons (Fsp3) is 0.182. The van der Waals surface area contributed by atoms with Gasteiger partial charge in [-0.1, -0.05) is 0 Å². The Hall–Kier alpha value is -3.52. The molecule has 0 aliphatic rings. The van der Waals surface area contributed by atoms with Crippen molar-refractivity contribution in [2.45, 2.75) is 0 Å². The van der Waals surface area contributed by atoms with Crippen LogP contribution in [0.15, 0.2) is 41.2 Å². The molecule has 0 fully saturated rings. The van der Waals surface area contributed by atoms with Gasteiger partial charge >= 0.3 is 0 Å². The molecule has 0 aliphatic heterocycles. The summed E-state index contributed by atoms with van der Waals surface area (Å²) in [4.78, 5) is 27.7. The van der Waals surface area contributed by atoms with Crippen molar-refractivity contribution in [3.8, 4) is 23.0 Å². The molecule has 1 aromatic heterocycles. The number of benzene rings is 2. The van der Waals surface area contributed by atoms with E-state index in [0.717, 1.165) is 5.56 Å². The largest absolute Gasteiger partial charge is 0.497 e. The fourth-order valence-electron chi connectivity index (χ4n) is 2.74. The second-order valence-electron chi connectivity index (χ2n) is 6.18. The van der Waals surface area contributed by atoms with Crippen LogP contribution >= 0.6 is 11.3 Å². The van der Waals surface area contributed by atoms with Crippen molar-refractivity contribution >= 4 is 29.3 Å². The highest BCUT2D eigenvalue weighted by Crippen LogP contribution is 2.23. The van der Waals surface area contributed by atoms with Crippen molar-refractivity contribution in [3.63, 3.8) is 0 Å². The Kier molecular flexibility index (Phi) is 6.58. The van der Waals surface area contributed by atoms with Crippen LogP contribution in [0.4, 0.5) is 0 Å². The zero-order chi connectivity index (χ0) is 21.7. The molecule has 7 nitrogen and oxygen atoms in total. The van der Waals surface area contributed by atoms with Gasteiger partial charge in [-0.15, -0.1) is 11.3 Å². The Balaban J connectivity index is 2.00. The van der Waals surface area contributed by atoms with Gasteiger partial charge in [0.05, 0.1) is 37.6 Å². The molecule has 0 spiro atoms. The lowest BCUT2D eigenvalue weighted by atomic mass is 10.1. The number of ketones is 1. The first kappa shape index (κ1) is 21.2. The normalized spacial score (nSPS) is 12.0. The maximum Gasteiger partial charge on any atom is 0.266 e. The van der Waals surface area contributed by atoms with Gasteiger partial charge in [0, 0.05) is 23.8 Å². The van der Waals surface area contributed by atoms with Gasteiger partial charge in [0.1, 0.15) is 23.0 Å². The summed E-state index contributed by atoms with van der Waals surface area (Å²) in [7, 11) is 6.14. The van der Waals surface area contributed by atoms with Gasteiger partial charge in [0.15, 0.2) is 5.78 Å². The average molecular weight is 427 g/mol. The average Bonchev–Trinajstić information content (AvgIpc) is 3.11. The third-order valence-electron chi connectivity index (χ3n) is 4.25. The third kappa shape index (κ3) is 4.90. The summed E-state index contributed by atoms with van der Waals surface area (Å²) in [6.07, 6.45) is 3.09. The number of hydrogen-bond donors (Lipinski definition) is 1. The zero-order valence-electron chi connectivity index (χ0n) is 17.0. The van der Waals surface area contributed by atoms with Crippen LogP contribution in [0, 0.1) is 0 Å². The number of methoxy groups -OCH3 is 4. The molecule has 0 amide bonds. The summed E-state index contributed by atoms with van der Waals surface area (Å²) in [5.74, 6) is 1.96. The molecule has 30 heavy (non-hydrogen) atoms. The van der Waals surface area contributed by atoms with Gasteiger partial charge in [0.25, 0.3) is 5.56 Å². The molecule has 0 saturated heterocycles. The molecule has 3 rings (SSSR count). The molecule has 1 N–H and O–H groups in total. The molecule has 3 aromatic rings. The number of hydrogen-bond acceptors (Lipinski definition) is 7. The summed E-state index contributed by atoms with van der Waals surface area (Å²) < 4.78 is 21.8. The van der Waals surface area contributed by atoms with Gasteiger partial charge in [-0.25, -0.2) is 0 Å². The Labute approximate surface area is 176 Å². The van der Waals surface area contributed by atoms with E-state index in [2.05, 4.69) is 4.98 Å². The van der Waals surface area contributed by atoms with Crippen molar-refractivity contribution in [1.29, 1.82) is 0 Å². The van der Waals surface area contributed by atoms with Gasteiger partial charge < -0.3 is 23.9 Å². The van der Waals surface area contributed by atoms with Gasteiger partial charge in [-0.05, 0) is 35.9 Å². The molecule has 0 saturated carbocycles. The predicted octanol–water partition coefficient (Wildman–Crippen LogP) is 1.96. The first-order valence-electron chi connectivity index (χ1n) is 8.88. The van der Waals surface area contributed by atoms with Crippen molar-refractivity contribution in [2.75, 3.05) is 28.4 Å². The predicted molar refractivity (Wildman–Crippen MR) is 116 cm³/mol. The number of rotatable bonds is 7. The monoisotopic (exact) mass is 427 g/mol. The van der Waals surface area contributed by atoms with Crippen LogP contribution in [0.3, 0.4) is 0 Å². The Bertz CT molecular complexity index is 1200. The molecule has 0 radical (unpaired) electrons. The molecule has 0 aliphatic carbocycles. The molecule has 0 bridgehead atoms. The maximum absolute atomic E-state index is 12.7. The van der Waals surface area contributed by atoms with Crippen LogP contribution in [-0.2, 0) is 0 Å². The van der Waals surface area contributed by atoms with E-state index in [-0.39, 0.29) is 11.3 Å². The summed E-state index contributed by atoms with van der Waals surface area (Å²) in [5, 5.41) is 0. The number of carbonyl (C=O) groups is 1. The SMILES string of the molecule is COc1cc(/C=c2\s/c(=C\C(=O)c3cc(OC)cc(OC)c3)[nH]c2=O)cc(OC)c1. The van der Waals surface area contributed by atoms with E-state index in [0.29, 0.717) is 37.8 Å². The number of aromatic nitrogens is 1. The minimum atomic E-state index is -0.288. The zero-order valence-corrected chi connectivity index (χ0v) is 17.8. The second kappa shape index (κ2) is 9.32. The second-order valence-corrected chi connectivity index (χ2v) is 7.27. The molecule has 0 atom stereocenters. The van der Waals surface area contributed by atoms with E-state index in [1.807, 2.05) is 0 Å². The van der Waals surface area contributed by atoms with E-state index in [4.69, 9.17) is 18.9 Å². The molecule has 0 unspecified atom stereocenters. The fourth-order valence-corrected chi connectivity index (χ4v) is 3.63. The Morgan fingerprint density at radius 3 is 1.83 bits per heavy atom. The van der Waals surface area contributed by atoms with Crippen LogP contribution in [0.1, 0.15) is 15.9 Å². The number of aromatic amines is 1. The van der Waals surface area contributed by atoms with E-state index in [1.165, 1.54) is 31.6 Å². The highest BCUT2D eigenvalue weighted by Gasteiger charge is 2.09. The van der Waals surface area contributed by atoms with Gasteiger partial charge in [-0.3, -0.25) is 9.59 Å². The van der Waals surface area contributed by atoms with Gasteiger partial charge in [0.2, 0.25) is 0 Å². The number of nitrogens with one attached hydrogen (secondary N) is 1. The van der Waals surface area contributed by atoms with Gasteiger partial charge in [-0.2, -0.15) is 0 Å². The maximum atomic E-state index is 12.7. The van der Waals surface area contributed by atoms with Crippen LogP contribution in [0.2, 0.25) is 0 Å². The third-order valence-corrected chi connectivity index (χ3v) is 5.21. The summed E-state index contributed by atoms with van der Waals surface area (Å²) >= 11 is 1.18. The topological polar surface area (TPSA) is 86.9 Å². The van der Waals surface area contributed by atoms with E-state index >= 15 is 0 Å². The van der Waals surface area contributed by atoms with Crippen LogP contribution in [0.5, 0.6) is 23.0 Å². The lowest BCUT2D eigenvalue weighted by Gasteiger charge is -2.06. The first-order chi connectivity index (χ1) is 14.4. The number of H-pyrrole nitrogens is 1. The quantitative estimate of drug-likeness (QED) is 0.580. The highest BCUT2D eigenvalue weighted by atomic mass is 32.1. The molecule has 1 heterocycles. The minimum Gasteiger partial charge on any atom is -0.497 e. The van der Waals surface area contributed by atoms with Crippen molar-refractivity contribution in [2.24, 2.45) is 0 Å². The summed E-state index contributed by atoms with van der Waals surface area (Å²) in [6, 6.07) is 10.2. The summed E-state index contributed by atoms with van der Waals surface area (Å²) in [5.41, 5.74) is 0.849. The van der Waals surface area contributed by atoms with Crippen LogP contribution in [0.25, 0.3) is 12.2 Å². The number of Topliss-reactive ketones (excluding diaryl/α,β-unsaturated/α-hetero) is 1. The van der Waals surface area contributed by atoms with E-state index in [1.54, 1.807) is 56.7 Å².